The Kier molecular flexibility index (Phi) is 8.09. The minimum absolute atomic E-state index is 0.616. The average molecular weight is 267 g/mol. The van der Waals surface area contributed by atoms with E-state index < -0.39 is 0 Å². The van der Waals surface area contributed by atoms with Crippen molar-refractivity contribution in [1.82, 2.24) is 9.97 Å². The van der Waals surface area contributed by atoms with Crippen molar-refractivity contribution >= 4 is 5.82 Å². The van der Waals surface area contributed by atoms with Crippen molar-refractivity contribution < 1.29 is 9.47 Å². The zero-order valence-corrected chi connectivity index (χ0v) is 12.2. The second kappa shape index (κ2) is 9.69. The number of hydrogen-bond acceptors (Lipinski definition) is 5. The minimum atomic E-state index is 0.616. The van der Waals surface area contributed by atoms with E-state index in [1.807, 2.05) is 6.07 Å². The van der Waals surface area contributed by atoms with Gasteiger partial charge in [-0.05, 0) is 13.3 Å². The van der Waals surface area contributed by atoms with Crippen LogP contribution in [-0.4, -0.2) is 43.4 Å². The Morgan fingerprint density at radius 3 is 2.63 bits per heavy atom. The molecule has 0 aliphatic rings. The molecule has 1 N–H and O–H groups in total. The number of nitrogens with zero attached hydrogens (tertiary/aromatic N) is 2. The molecule has 0 aromatic carbocycles. The van der Waals surface area contributed by atoms with Crippen molar-refractivity contribution in [2.24, 2.45) is 0 Å². The van der Waals surface area contributed by atoms with Gasteiger partial charge in [0.2, 0.25) is 0 Å². The van der Waals surface area contributed by atoms with E-state index in [1.165, 1.54) is 0 Å². The Labute approximate surface area is 115 Å². The van der Waals surface area contributed by atoms with Gasteiger partial charge in [-0.2, -0.15) is 0 Å². The van der Waals surface area contributed by atoms with Gasteiger partial charge in [0, 0.05) is 31.8 Å². The van der Waals surface area contributed by atoms with Crippen LogP contribution in [0.15, 0.2) is 6.07 Å². The fourth-order valence-electron chi connectivity index (χ4n) is 1.73. The van der Waals surface area contributed by atoms with E-state index in [2.05, 4.69) is 29.1 Å². The molecule has 1 aromatic rings. The normalized spacial score (nSPS) is 10.7. The van der Waals surface area contributed by atoms with Crippen molar-refractivity contribution in [3.63, 3.8) is 0 Å². The lowest BCUT2D eigenvalue weighted by atomic mass is 10.2. The minimum Gasteiger partial charge on any atom is -0.382 e. The highest BCUT2D eigenvalue weighted by Gasteiger charge is 2.04. The molecule has 5 heteroatoms. The summed E-state index contributed by atoms with van der Waals surface area (Å²) in [4.78, 5) is 9.05. The summed E-state index contributed by atoms with van der Waals surface area (Å²) in [5, 5.41) is 3.25. The maximum atomic E-state index is 5.45. The Bertz CT molecular complexity index is 334. The van der Waals surface area contributed by atoms with Crippen LogP contribution in [0.2, 0.25) is 0 Å². The van der Waals surface area contributed by atoms with Crippen LogP contribution in [0.25, 0.3) is 0 Å². The number of nitrogens with one attached hydrogen (secondary N) is 1. The van der Waals surface area contributed by atoms with E-state index in [-0.39, 0.29) is 0 Å². The molecule has 0 saturated heterocycles. The molecule has 19 heavy (non-hydrogen) atoms. The predicted molar refractivity (Wildman–Crippen MR) is 76.6 cm³/mol. The van der Waals surface area contributed by atoms with Crippen LogP contribution in [0.5, 0.6) is 0 Å². The Hall–Kier alpha value is -1.20. The molecular formula is C14H25N3O2. The fourth-order valence-corrected chi connectivity index (χ4v) is 1.73. The van der Waals surface area contributed by atoms with E-state index in [0.29, 0.717) is 19.8 Å². The fraction of sp³-hybridized carbons (Fsp3) is 0.714. The molecular weight excluding hydrogens is 242 g/mol. The molecule has 108 valence electrons. The monoisotopic (exact) mass is 267 g/mol. The average Bonchev–Trinajstić information content (AvgIpc) is 2.39. The highest BCUT2D eigenvalue weighted by Crippen LogP contribution is 2.09. The zero-order valence-electron chi connectivity index (χ0n) is 12.2. The van der Waals surface area contributed by atoms with Crippen LogP contribution in [0.4, 0.5) is 5.82 Å². The third-order valence-electron chi connectivity index (χ3n) is 2.59. The highest BCUT2D eigenvalue weighted by atomic mass is 16.5. The van der Waals surface area contributed by atoms with E-state index in [4.69, 9.17) is 9.47 Å². The van der Waals surface area contributed by atoms with Crippen molar-refractivity contribution in [2.75, 3.05) is 38.8 Å². The third-order valence-corrected chi connectivity index (χ3v) is 2.59. The zero-order chi connectivity index (χ0) is 13.9. The first kappa shape index (κ1) is 15.9. The Morgan fingerprint density at radius 1 is 1.11 bits per heavy atom. The van der Waals surface area contributed by atoms with Gasteiger partial charge >= 0.3 is 0 Å². The van der Waals surface area contributed by atoms with Crippen molar-refractivity contribution in [1.29, 1.82) is 0 Å². The van der Waals surface area contributed by atoms with Crippen LogP contribution in [0.1, 0.15) is 31.8 Å². The lowest BCUT2D eigenvalue weighted by Crippen LogP contribution is -2.10. The van der Waals surface area contributed by atoms with E-state index in [9.17, 15) is 0 Å². The molecule has 0 saturated carbocycles. The molecule has 1 heterocycles. The van der Waals surface area contributed by atoms with Crippen molar-refractivity contribution in [3.05, 3.63) is 17.6 Å². The smallest absolute Gasteiger partial charge is 0.133 e. The molecule has 1 rings (SSSR count). The number of aryl methyl sites for hydroxylation is 1. The summed E-state index contributed by atoms with van der Waals surface area (Å²) in [5.74, 6) is 1.76. The number of rotatable bonds is 10. The van der Waals surface area contributed by atoms with Gasteiger partial charge < -0.3 is 14.8 Å². The van der Waals surface area contributed by atoms with Gasteiger partial charge in [-0.25, -0.2) is 9.97 Å². The third kappa shape index (κ3) is 6.50. The standard InChI is InChI=1S/C14H25N3O2/c1-4-6-12-11-14(15-5-2)17-13(16-12)7-8-19-10-9-18-3/h11H,4-10H2,1-3H3,(H,15,16,17). The van der Waals surface area contributed by atoms with Crippen LogP contribution >= 0.6 is 0 Å². The van der Waals surface area contributed by atoms with Gasteiger partial charge in [0.25, 0.3) is 0 Å². The molecule has 0 radical (unpaired) electrons. The first-order chi connectivity index (χ1) is 9.30. The topological polar surface area (TPSA) is 56.3 Å². The van der Waals surface area contributed by atoms with Crippen LogP contribution in [0, 0.1) is 0 Å². The van der Waals surface area contributed by atoms with Crippen molar-refractivity contribution in [2.45, 2.75) is 33.1 Å². The van der Waals surface area contributed by atoms with Gasteiger partial charge in [-0.3, -0.25) is 0 Å². The summed E-state index contributed by atoms with van der Waals surface area (Å²) in [6, 6.07) is 2.03. The van der Waals surface area contributed by atoms with Gasteiger partial charge in [-0.1, -0.05) is 13.3 Å². The number of ether oxygens (including phenoxy) is 2. The Morgan fingerprint density at radius 2 is 1.95 bits per heavy atom. The summed E-state index contributed by atoms with van der Waals surface area (Å²) >= 11 is 0. The molecule has 0 fully saturated rings. The maximum Gasteiger partial charge on any atom is 0.133 e. The summed E-state index contributed by atoms with van der Waals surface area (Å²) in [6.07, 6.45) is 2.81. The largest absolute Gasteiger partial charge is 0.382 e. The van der Waals surface area contributed by atoms with Gasteiger partial charge in [0.05, 0.1) is 19.8 Å². The second-order valence-corrected chi connectivity index (χ2v) is 4.30. The lowest BCUT2D eigenvalue weighted by Gasteiger charge is -2.09. The van der Waals surface area contributed by atoms with E-state index in [0.717, 1.165) is 43.1 Å². The van der Waals surface area contributed by atoms with Gasteiger partial charge in [0.15, 0.2) is 0 Å². The predicted octanol–water partition coefficient (Wildman–Crippen LogP) is 2.07. The summed E-state index contributed by atoms with van der Waals surface area (Å²) in [6.45, 7) is 6.96. The summed E-state index contributed by atoms with van der Waals surface area (Å²) in [7, 11) is 1.67. The molecule has 0 unspecified atom stereocenters. The summed E-state index contributed by atoms with van der Waals surface area (Å²) in [5.41, 5.74) is 1.10. The van der Waals surface area contributed by atoms with Crippen LogP contribution < -0.4 is 5.32 Å². The quantitative estimate of drug-likeness (QED) is 0.658. The molecule has 1 aromatic heterocycles. The molecule has 0 spiro atoms. The van der Waals surface area contributed by atoms with Crippen LogP contribution in [-0.2, 0) is 22.3 Å². The number of anilines is 1. The summed E-state index contributed by atoms with van der Waals surface area (Å²) < 4.78 is 10.4. The molecule has 0 atom stereocenters. The molecule has 0 aliphatic carbocycles. The number of methoxy groups -OCH3 is 1. The highest BCUT2D eigenvalue weighted by molar-refractivity contribution is 5.36. The number of hydrogen-bond donors (Lipinski definition) is 1. The molecule has 0 aliphatic heterocycles. The second-order valence-electron chi connectivity index (χ2n) is 4.30. The molecule has 0 bridgehead atoms. The van der Waals surface area contributed by atoms with E-state index in [1.54, 1.807) is 7.11 Å². The van der Waals surface area contributed by atoms with Crippen LogP contribution in [0.3, 0.4) is 0 Å². The molecule has 5 nitrogen and oxygen atoms in total. The lowest BCUT2D eigenvalue weighted by molar-refractivity contribution is 0.0716. The van der Waals surface area contributed by atoms with Gasteiger partial charge in [0.1, 0.15) is 11.6 Å². The van der Waals surface area contributed by atoms with Crippen molar-refractivity contribution in [3.8, 4) is 0 Å². The van der Waals surface area contributed by atoms with Gasteiger partial charge in [-0.15, -0.1) is 0 Å². The molecule has 0 amide bonds. The first-order valence-electron chi connectivity index (χ1n) is 6.97. The first-order valence-corrected chi connectivity index (χ1v) is 6.97. The Balaban J connectivity index is 2.54. The SMILES string of the molecule is CCCc1cc(NCC)nc(CCOCCOC)n1. The number of aromatic nitrogens is 2. The van der Waals surface area contributed by atoms with E-state index >= 15 is 0 Å². The maximum absolute atomic E-state index is 5.45.